The van der Waals surface area contributed by atoms with Gasteiger partial charge >= 0.3 is 13.5 Å². The van der Waals surface area contributed by atoms with Crippen LogP contribution in [0.2, 0.25) is 0 Å². The van der Waals surface area contributed by atoms with E-state index in [9.17, 15) is 19.3 Å². The van der Waals surface area contributed by atoms with Crippen LogP contribution in [0.5, 0.6) is 5.75 Å². The van der Waals surface area contributed by atoms with Crippen LogP contribution in [0, 0.1) is 0 Å². The summed E-state index contributed by atoms with van der Waals surface area (Å²) in [5, 5.41) is 10.5. The number of ether oxygens (including phenoxy) is 1. The average molecular weight is 577 g/mol. The van der Waals surface area contributed by atoms with E-state index in [2.05, 4.69) is 20.9 Å². The van der Waals surface area contributed by atoms with Gasteiger partial charge in [-0.05, 0) is 16.6 Å². The van der Waals surface area contributed by atoms with E-state index in [0.29, 0.717) is 5.75 Å². The molecule has 0 aliphatic carbocycles. The first-order valence-corrected chi connectivity index (χ1v) is 13.5. The fourth-order valence-corrected chi connectivity index (χ4v) is 5.63. The number of aromatic amines is 1. The molecule has 36 heavy (non-hydrogen) atoms. The molecule has 0 spiro atoms. The van der Waals surface area contributed by atoms with Gasteiger partial charge in [0.15, 0.2) is 0 Å². The van der Waals surface area contributed by atoms with E-state index >= 15 is 0 Å². The maximum Gasteiger partial charge on any atom is 0.530 e. The molecular weight excluding hydrogens is 555 g/mol. The lowest BCUT2D eigenvalue weighted by molar-refractivity contribution is -0.0468. The number of nitrogens with one attached hydrogen (secondary N) is 1. The Kier molecular flexibility index (Phi) is 7.11. The molecule has 0 bridgehead atoms. The zero-order valence-corrected chi connectivity index (χ0v) is 21.3. The van der Waals surface area contributed by atoms with Crippen LogP contribution in [-0.4, -0.2) is 33.5 Å². The number of phosphoric acid groups is 1. The largest absolute Gasteiger partial charge is 0.530 e. The number of phosphoric ester groups is 1. The van der Waals surface area contributed by atoms with E-state index in [-0.39, 0.29) is 25.2 Å². The molecule has 2 aliphatic heterocycles. The van der Waals surface area contributed by atoms with Crippen LogP contribution in [0.15, 0.2) is 69.3 Å². The highest BCUT2D eigenvalue weighted by molar-refractivity contribution is 9.11. The maximum absolute atomic E-state index is 13.3. The molecule has 1 fully saturated rings. The predicted octanol–water partition coefficient (Wildman–Crippen LogP) is 3.95. The summed E-state index contributed by atoms with van der Waals surface area (Å²) in [7, 11) is -4.02. The zero-order chi connectivity index (χ0) is 25.3. The monoisotopic (exact) mass is 576 g/mol. The number of rotatable bonds is 6. The number of fused-ring (bicyclic) bond motifs is 1. The van der Waals surface area contributed by atoms with Crippen LogP contribution < -0.4 is 15.8 Å². The van der Waals surface area contributed by atoms with Gasteiger partial charge in [0.2, 0.25) is 0 Å². The molecule has 2 aliphatic rings. The highest BCUT2D eigenvalue weighted by Gasteiger charge is 2.41. The van der Waals surface area contributed by atoms with Crippen LogP contribution in [-0.2, 0) is 25.0 Å². The second kappa shape index (κ2) is 10.3. The van der Waals surface area contributed by atoms with E-state index in [1.807, 2.05) is 48.5 Å². The molecule has 0 radical (unpaired) electrons. The number of hydrogen-bond acceptors (Lipinski definition) is 8. The number of halogens is 1. The van der Waals surface area contributed by atoms with Crippen molar-refractivity contribution in [3.8, 4) is 16.9 Å². The Morgan fingerprint density at radius 2 is 2.00 bits per heavy atom. The van der Waals surface area contributed by atoms with Crippen molar-refractivity contribution in [1.29, 1.82) is 0 Å². The first-order chi connectivity index (χ1) is 17.4. The fourth-order valence-electron chi connectivity index (χ4n) is 4.10. The molecule has 0 unspecified atom stereocenters. The first-order valence-electron chi connectivity index (χ1n) is 11.1. The third-order valence-corrected chi connectivity index (χ3v) is 7.49. The lowest BCUT2D eigenvalue weighted by Crippen LogP contribution is -2.33. The summed E-state index contributed by atoms with van der Waals surface area (Å²) in [4.78, 5) is 27.9. The number of para-hydroxylation sites is 1. The third kappa shape index (κ3) is 5.04. The quantitative estimate of drug-likeness (QED) is 0.422. The van der Waals surface area contributed by atoms with Gasteiger partial charge in [-0.1, -0.05) is 64.5 Å². The molecule has 0 amide bonds. The van der Waals surface area contributed by atoms with Gasteiger partial charge in [-0.15, -0.1) is 0 Å². The Hall–Kier alpha value is -2.79. The van der Waals surface area contributed by atoms with Gasteiger partial charge in [-0.2, -0.15) is 0 Å². The van der Waals surface area contributed by atoms with E-state index < -0.39 is 37.5 Å². The van der Waals surface area contributed by atoms with E-state index in [4.69, 9.17) is 18.3 Å². The maximum atomic E-state index is 13.3. The number of aliphatic hydroxyl groups excluding tert-OH is 1. The van der Waals surface area contributed by atoms with Crippen molar-refractivity contribution in [2.75, 3.05) is 6.61 Å². The molecule has 4 atom stereocenters. The summed E-state index contributed by atoms with van der Waals surface area (Å²) in [5.41, 5.74) is 1.37. The highest BCUT2D eigenvalue weighted by Crippen LogP contribution is 2.56. The molecule has 2 N–H and O–H groups in total. The summed E-state index contributed by atoms with van der Waals surface area (Å²) in [5.74, 6) is 0.413. The van der Waals surface area contributed by atoms with Gasteiger partial charge in [0.1, 0.15) is 18.1 Å². The second-order valence-electron chi connectivity index (χ2n) is 8.24. The fraction of sp³-hybridized carbons (Fsp3) is 0.250. The minimum Gasteiger partial charge on any atom is -0.403 e. The standard InChI is InChI=1S/C24H22BrN2O8P/c25-10-9-16-12-27(24(30)26-23(16)29)21-11-19(28)20(34-21)14-33-36(31)32-13-17-7-4-8-18(22(17)35-36)15-5-2-1-3-6-15/h1-10,12,19-21,28H,11,13-14H2,(H,26,29,30)/b10-9+/t19-,20+,21+,36-/m0/s1. The Morgan fingerprint density at radius 1 is 1.19 bits per heavy atom. The SMILES string of the molecule is O=c1[nH]c(=O)n([C@H]2C[C@H](O)[C@@H](CO[P@]3(=O)OCc4cccc(-c5ccccc5)c4O3)O2)cc1/C=C/Br. The first kappa shape index (κ1) is 24.9. The van der Waals surface area contributed by atoms with Crippen LogP contribution in [0.25, 0.3) is 17.2 Å². The van der Waals surface area contributed by atoms with E-state index in [1.165, 1.54) is 21.8 Å². The van der Waals surface area contributed by atoms with E-state index in [1.54, 1.807) is 0 Å². The topological polar surface area (TPSA) is 129 Å². The molecule has 1 saturated heterocycles. The molecule has 188 valence electrons. The summed E-state index contributed by atoms with van der Waals surface area (Å²) in [6.07, 6.45) is 0.0908. The minimum absolute atomic E-state index is 0.0284. The Bertz CT molecular complexity index is 1450. The highest BCUT2D eigenvalue weighted by atomic mass is 79.9. The van der Waals surface area contributed by atoms with Gasteiger partial charge in [0.25, 0.3) is 5.56 Å². The zero-order valence-electron chi connectivity index (χ0n) is 18.8. The van der Waals surface area contributed by atoms with Crippen molar-refractivity contribution in [1.82, 2.24) is 9.55 Å². The average Bonchev–Trinajstić information content (AvgIpc) is 3.25. The number of aliphatic hydroxyl groups is 1. The van der Waals surface area contributed by atoms with Crippen molar-refractivity contribution in [3.05, 3.63) is 91.7 Å². The number of hydrogen-bond donors (Lipinski definition) is 2. The Morgan fingerprint density at radius 3 is 2.78 bits per heavy atom. The van der Waals surface area contributed by atoms with Gasteiger partial charge in [0, 0.05) is 23.7 Å². The van der Waals surface area contributed by atoms with Gasteiger partial charge in [-0.25, -0.2) is 9.36 Å². The molecule has 3 aromatic rings. The summed E-state index contributed by atoms with van der Waals surface area (Å²) < 4.78 is 37.0. The van der Waals surface area contributed by atoms with Crippen molar-refractivity contribution in [3.63, 3.8) is 0 Å². The number of nitrogens with zero attached hydrogens (tertiary/aromatic N) is 1. The molecule has 3 heterocycles. The number of aromatic nitrogens is 2. The second-order valence-corrected chi connectivity index (χ2v) is 10.4. The van der Waals surface area contributed by atoms with Crippen molar-refractivity contribution in [2.45, 2.75) is 31.5 Å². The van der Waals surface area contributed by atoms with Crippen molar-refractivity contribution >= 4 is 29.8 Å². The van der Waals surface area contributed by atoms with Gasteiger partial charge in [-0.3, -0.25) is 23.4 Å². The Labute approximate surface area is 213 Å². The van der Waals surface area contributed by atoms with Crippen LogP contribution in [0.3, 0.4) is 0 Å². The number of H-pyrrole nitrogens is 1. The predicted molar refractivity (Wildman–Crippen MR) is 135 cm³/mol. The van der Waals surface area contributed by atoms with Gasteiger partial charge in [0.05, 0.1) is 24.9 Å². The molecule has 0 saturated carbocycles. The summed E-state index contributed by atoms with van der Waals surface area (Å²) in [6.45, 7) is -0.273. The molecule has 1 aromatic heterocycles. The molecule has 10 nitrogen and oxygen atoms in total. The van der Waals surface area contributed by atoms with Crippen molar-refractivity contribution in [2.24, 2.45) is 0 Å². The minimum atomic E-state index is -4.02. The van der Waals surface area contributed by atoms with Crippen LogP contribution in [0.1, 0.15) is 23.8 Å². The van der Waals surface area contributed by atoms with E-state index in [0.717, 1.165) is 16.7 Å². The molecular formula is C24H22BrN2O8P. The molecule has 5 rings (SSSR count). The normalized spacial score (nSPS) is 25.6. The lowest BCUT2D eigenvalue weighted by atomic mass is 10.0. The van der Waals surface area contributed by atoms with Gasteiger partial charge < -0.3 is 14.4 Å². The summed E-state index contributed by atoms with van der Waals surface area (Å²) >= 11 is 3.10. The summed E-state index contributed by atoms with van der Waals surface area (Å²) in [6, 6.07) is 15.1. The van der Waals surface area contributed by atoms with Crippen molar-refractivity contribution < 1.29 is 28.0 Å². The smallest absolute Gasteiger partial charge is 0.403 e. The molecule has 2 aromatic carbocycles. The molecule has 12 heteroatoms. The van der Waals surface area contributed by atoms with Crippen LogP contribution >= 0.6 is 23.8 Å². The third-order valence-electron chi connectivity index (χ3n) is 5.91. The van der Waals surface area contributed by atoms with Crippen LogP contribution in [0.4, 0.5) is 0 Å². The number of benzene rings is 2. The Balaban J connectivity index is 1.30. The lowest BCUT2D eigenvalue weighted by Gasteiger charge is -2.27.